The number of benzene rings is 1. The Morgan fingerprint density at radius 2 is 1.92 bits per heavy atom. The maximum Gasteiger partial charge on any atom is 0.0411 e. The number of halogens is 1. The van der Waals surface area contributed by atoms with E-state index in [4.69, 9.17) is 16.2 Å². The molecule has 0 aromatic heterocycles. The third-order valence-corrected chi connectivity index (χ3v) is 1.73. The highest BCUT2D eigenvalue weighted by Crippen LogP contribution is 2.14. The summed E-state index contributed by atoms with van der Waals surface area (Å²) < 4.78 is 7.49. The average molecular weight is 219 g/mol. The summed E-state index contributed by atoms with van der Waals surface area (Å²) in [6.45, 7) is 4.19. The Hall–Kier alpha value is -0.180. The van der Waals surface area contributed by atoms with E-state index in [-0.39, 0.29) is 0 Å². The summed E-state index contributed by atoms with van der Waals surface area (Å²) in [6, 6.07) is 6.14. The third-order valence-electron chi connectivity index (χ3n) is 1.51. The van der Waals surface area contributed by atoms with E-state index < -0.39 is 0 Å². The molecule has 1 nitrogen and oxygen atoms in total. The number of hydrogen-bond acceptors (Lipinski definition) is 2. The minimum Gasteiger partial charge on any atom is -0.330 e. The third kappa shape index (κ3) is 5.97. The van der Waals surface area contributed by atoms with Gasteiger partial charge in [-0.15, -0.1) is 0 Å². The lowest BCUT2D eigenvalue weighted by Crippen LogP contribution is -1.81. The van der Waals surface area contributed by atoms with Gasteiger partial charge in [0.25, 0.3) is 0 Å². The maximum absolute atomic E-state index is 7.49. The highest BCUT2D eigenvalue weighted by atomic mass is 35.5. The fraction of sp³-hybridized carbons (Fsp3) is 0.400. The largest absolute Gasteiger partial charge is 0.330 e. The van der Waals surface area contributed by atoms with Gasteiger partial charge in [-0.05, 0) is 48.6 Å². The summed E-state index contributed by atoms with van der Waals surface area (Å²) in [5.41, 5.74) is 2.55. The molecule has 1 N–H and O–H groups in total. The molecule has 0 aliphatic carbocycles. The van der Waals surface area contributed by atoms with Crippen LogP contribution in [0.3, 0.4) is 0 Å². The maximum atomic E-state index is 7.49. The van der Waals surface area contributed by atoms with Gasteiger partial charge < -0.3 is 4.55 Å². The molecule has 0 heterocycles. The van der Waals surface area contributed by atoms with Gasteiger partial charge in [0.1, 0.15) is 0 Å². The van der Waals surface area contributed by atoms with Crippen LogP contribution in [0.5, 0.6) is 0 Å². The standard InChI is InChI=1S/C9H11Cl.CH4OS/c1-3-8-4-7(2)5-9(10)6-8;1-3-2/h4-6H,3H2,1-2H3;2H,1H3. The van der Waals surface area contributed by atoms with Crippen LogP contribution in [0.15, 0.2) is 18.2 Å². The fourth-order valence-electron chi connectivity index (χ4n) is 1.02. The van der Waals surface area contributed by atoms with Crippen LogP contribution in [-0.2, 0) is 6.42 Å². The smallest absolute Gasteiger partial charge is 0.0411 e. The predicted molar refractivity (Wildman–Crippen MR) is 61.7 cm³/mol. The molecule has 0 atom stereocenters. The monoisotopic (exact) mass is 218 g/mol. The van der Waals surface area contributed by atoms with Crippen LogP contribution in [0.2, 0.25) is 5.02 Å². The van der Waals surface area contributed by atoms with Gasteiger partial charge in [0.15, 0.2) is 0 Å². The Kier molecular flexibility index (Phi) is 7.14. The van der Waals surface area contributed by atoms with E-state index in [2.05, 4.69) is 19.9 Å². The van der Waals surface area contributed by atoms with Crippen molar-refractivity contribution in [2.75, 3.05) is 6.26 Å². The molecule has 0 fully saturated rings. The van der Waals surface area contributed by atoms with Crippen LogP contribution < -0.4 is 0 Å². The van der Waals surface area contributed by atoms with Crippen LogP contribution in [0.4, 0.5) is 0 Å². The first kappa shape index (κ1) is 12.8. The molecule has 0 aliphatic rings. The van der Waals surface area contributed by atoms with E-state index in [1.807, 2.05) is 12.1 Å². The zero-order chi connectivity index (χ0) is 10.3. The quantitative estimate of drug-likeness (QED) is 0.719. The topological polar surface area (TPSA) is 20.2 Å². The predicted octanol–water partition coefficient (Wildman–Crippen LogP) is 4.03. The highest BCUT2D eigenvalue weighted by Gasteiger charge is 1.92. The second-order valence-electron chi connectivity index (χ2n) is 2.67. The van der Waals surface area contributed by atoms with Gasteiger partial charge in [0.05, 0.1) is 0 Å². The van der Waals surface area contributed by atoms with Crippen LogP contribution in [-0.4, -0.2) is 10.8 Å². The molecular formula is C10H15ClOS. The molecule has 0 radical (unpaired) electrons. The summed E-state index contributed by atoms with van der Waals surface area (Å²) in [7, 11) is 0. The minimum absolute atomic E-state index is 0.750. The molecule has 74 valence electrons. The molecule has 13 heavy (non-hydrogen) atoms. The lowest BCUT2D eigenvalue weighted by Gasteiger charge is -1.98. The Morgan fingerprint density at radius 3 is 2.31 bits per heavy atom. The molecule has 0 unspecified atom stereocenters. The lowest BCUT2D eigenvalue weighted by atomic mass is 10.1. The van der Waals surface area contributed by atoms with Gasteiger partial charge in [-0.25, -0.2) is 0 Å². The molecule has 3 heteroatoms. The van der Waals surface area contributed by atoms with Crippen molar-refractivity contribution in [1.82, 2.24) is 0 Å². The average Bonchev–Trinajstić information content (AvgIpc) is 2.04. The Labute approximate surface area is 89.3 Å². The van der Waals surface area contributed by atoms with Crippen molar-refractivity contribution in [2.24, 2.45) is 0 Å². The van der Waals surface area contributed by atoms with Gasteiger partial charge in [-0.1, -0.05) is 24.6 Å². The molecule has 0 bridgehead atoms. The lowest BCUT2D eigenvalue weighted by molar-refractivity contribution is 0.669. The molecular weight excluding hydrogens is 204 g/mol. The van der Waals surface area contributed by atoms with E-state index in [0.29, 0.717) is 0 Å². The molecule has 0 saturated carbocycles. The second kappa shape index (κ2) is 7.25. The normalized spacial score (nSPS) is 9.00. The van der Waals surface area contributed by atoms with Crippen molar-refractivity contribution < 1.29 is 4.55 Å². The number of hydrogen-bond donors (Lipinski definition) is 1. The minimum atomic E-state index is 0.750. The van der Waals surface area contributed by atoms with Crippen molar-refractivity contribution in [1.29, 1.82) is 0 Å². The van der Waals surface area contributed by atoms with E-state index in [9.17, 15) is 0 Å². The summed E-state index contributed by atoms with van der Waals surface area (Å²) in [4.78, 5) is 0. The summed E-state index contributed by atoms with van der Waals surface area (Å²) in [6.07, 6.45) is 2.65. The van der Waals surface area contributed by atoms with Gasteiger partial charge in [-0.2, -0.15) is 0 Å². The zero-order valence-corrected chi connectivity index (χ0v) is 9.75. The van der Waals surface area contributed by atoms with Crippen molar-refractivity contribution in [3.8, 4) is 0 Å². The molecule has 1 rings (SSSR count). The Bertz CT molecular complexity index is 230. The molecule has 1 aromatic carbocycles. The van der Waals surface area contributed by atoms with Crippen molar-refractivity contribution in [3.63, 3.8) is 0 Å². The SMILES string of the molecule is CCc1cc(C)cc(Cl)c1.CSO. The summed E-state index contributed by atoms with van der Waals surface area (Å²) in [5.74, 6) is 0. The molecule has 0 aliphatic heterocycles. The van der Waals surface area contributed by atoms with Gasteiger partial charge in [0, 0.05) is 11.3 Å². The summed E-state index contributed by atoms with van der Waals surface area (Å²) >= 11 is 6.58. The second-order valence-corrected chi connectivity index (χ2v) is 3.47. The number of aryl methyl sites for hydroxylation is 2. The molecule has 0 spiro atoms. The van der Waals surface area contributed by atoms with Crippen LogP contribution in [0.25, 0.3) is 0 Å². The van der Waals surface area contributed by atoms with Gasteiger partial charge >= 0.3 is 0 Å². The van der Waals surface area contributed by atoms with Crippen LogP contribution in [0, 0.1) is 6.92 Å². The molecule has 0 amide bonds. The first-order valence-corrected chi connectivity index (χ1v) is 5.63. The van der Waals surface area contributed by atoms with Gasteiger partial charge in [-0.3, -0.25) is 0 Å². The first-order valence-electron chi connectivity index (χ1n) is 4.07. The highest BCUT2D eigenvalue weighted by molar-refractivity contribution is 7.93. The first-order chi connectivity index (χ1) is 6.13. The van der Waals surface area contributed by atoms with Crippen LogP contribution >= 0.6 is 23.6 Å². The fourth-order valence-corrected chi connectivity index (χ4v) is 1.33. The van der Waals surface area contributed by atoms with Gasteiger partial charge in [0.2, 0.25) is 0 Å². The molecule has 0 saturated heterocycles. The van der Waals surface area contributed by atoms with Crippen molar-refractivity contribution in [3.05, 3.63) is 34.3 Å². The number of rotatable bonds is 1. The molecule has 1 aromatic rings. The van der Waals surface area contributed by atoms with E-state index in [0.717, 1.165) is 23.5 Å². The van der Waals surface area contributed by atoms with Crippen molar-refractivity contribution >= 4 is 23.6 Å². The van der Waals surface area contributed by atoms with E-state index in [1.54, 1.807) is 6.26 Å². The summed E-state index contributed by atoms with van der Waals surface area (Å²) in [5, 5.41) is 0.844. The van der Waals surface area contributed by atoms with E-state index >= 15 is 0 Å². The Morgan fingerprint density at radius 1 is 1.38 bits per heavy atom. The Balaban J connectivity index is 0.000000424. The van der Waals surface area contributed by atoms with Crippen LogP contribution in [0.1, 0.15) is 18.1 Å². The van der Waals surface area contributed by atoms with E-state index in [1.165, 1.54) is 11.1 Å². The van der Waals surface area contributed by atoms with Crippen molar-refractivity contribution in [2.45, 2.75) is 20.3 Å². The zero-order valence-electron chi connectivity index (χ0n) is 8.17.